The molecule has 0 radical (unpaired) electrons. The molecule has 0 bridgehead atoms. The molecule has 2 aliphatic rings. The second-order valence-electron chi connectivity index (χ2n) is 9.63. The Balaban J connectivity index is 1.35. The normalized spacial score (nSPS) is 17.2. The van der Waals surface area contributed by atoms with Crippen LogP contribution in [-0.4, -0.2) is 75.0 Å². The summed E-state index contributed by atoms with van der Waals surface area (Å²) in [5, 5.41) is 10.1. The van der Waals surface area contributed by atoms with Crippen LogP contribution in [0.3, 0.4) is 0 Å². The number of morpholine rings is 1. The van der Waals surface area contributed by atoms with Gasteiger partial charge in [0.05, 0.1) is 44.2 Å². The first kappa shape index (κ1) is 24.3. The van der Waals surface area contributed by atoms with Crippen molar-refractivity contribution in [3.63, 3.8) is 0 Å². The molecule has 2 aromatic carbocycles. The minimum atomic E-state index is 0.566. The number of anilines is 1. The Morgan fingerprint density at radius 1 is 1.08 bits per heavy atom. The van der Waals surface area contributed by atoms with Crippen molar-refractivity contribution in [3.8, 4) is 17.6 Å². The fourth-order valence-electron chi connectivity index (χ4n) is 4.92. The molecular weight excluding hydrogens is 454 g/mol. The molecule has 5 rings (SSSR count). The molecule has 1 aromatic heterocycles. The van der Waals surface area contributed by atoms with E-state index in [1.807, 2.05) is 30.3 Å². The van der Waals surface area contributed by atoms with Gasteiger partial charge in [-0.25, -0.2) is 4.98 Å². The number of methoxy groups -OCH3 is 1. The summed E-state index contributed by atoms with van der Waals surface area (Å²) in [7, 11) is 3.84. The van der Waals surface area contributed by atoms with Gasteiger partial charge in [-0.15, -0.1) is 0 Å². The van der Waals surface area contributed by atoms with E-state index >= 15 is 0 Å². The second kappa shape index (κ2) is 11.1. The molecule has 3 aromatic rings. The average Bonchev–Trinajstić information content (AvgIpc) is 2.93. The van der Waals surface area contributed by atoms with Crippen LogP contribution in [0.15, 0.2) is 36.5 Å². The third kappa shape index (κ3) is 5.38. The van der Waals surface area contributed by atoms with E-state index in [9.17, 15) is 5.26 Å². The number of benzene rings is 2. The number of ether oxygens (including phenoxy) is 3. The average molecular weight is 488 g/mol. The van der Waals surface area contributed by atoms with E-state index in [0.717, 1.165) is 67.2 Å². The first-order valence-electron chi connectivity index (χ1n) is 12.6. The van der Waals surface area contributed by atoms with Gasteiger partial charge in [0.1, 0.15) is 17.4 Å². The zero-order valence-electron chi connectivity index (χ0n) is 21.1. The molecule has 2 saturated heterocycles. The number of aromatic nitrogens is 2. The zero-order valence-corrected chi connectivity index (χ0v) is 21.1. The summed E-state index contributed by atoms with van der Waals surface area (Å²) < 4.78 is 17.3. The molecule has 0 saturated carbocycles. The van der Waals surface area contributed by atoms with Crippen LogP contribution in [-0.2, 0) is 11.2 Å². The largest absolute Gasteiger partial charge is 0.493 e. The van der Waals surface area contributed by atoms with Crippen LogP contribution in [0.5, 0.6) is 11.5 Å². The van der Waals surface area contributed by atoms with Gasteiger partial charge in [0, 0.05) is 13.1 Å². The van der Waals surface area contributed by atoms with Crippen LogP contribution in [0.1, 0.15) is 29.5 Å². The van der Waals surface area contributed by atoms with E-state index in [4.69, 9.17) is 19.2 Å². The van der Waals surface area contributed by atoms with Crippen LogP contribution >= 0.6 is 0 Å². The summed E-state index contributed by atoms with van der Waals surface area (Å²) in [5.74, 6) is 2.84. The number of piperidine rings is 1. The Morgan fingerprint density at radius 3 is 2.64 bits per heavy atom. The standard InChI is InChI=1S/C28H33N5O3/c1-32-9-7-20(8-10-32)19-36-25-6-3-21(16-26(25)34-2)15-22-4-5-24-28(23(22)17-29)31-27(18-30-24)33-11-13-35-14-12-33/h3-6,16,18,20H,7-15,19H2,1-2H3. The number of nitriles is 1. The lowest BCUT2D eigenvalue weighted by atomic mass is 9.98. The predicted octanol–water partition coefficient (Wildman–Crippen LogP) is 3.66. The van der Waals surface area contributed by atoms with Crippen molar-refractivity contribution in [2.24, 2.45) is 5.92 Å². The summed E-state index contributed by atoms with van der Waals surface area (Å²) in [6, 6.07) is 12.3. The minimum absolute atomic E-state index is 0.566. The van der Waals surface area contributed by atoms with Gasteiger partial charge in [-0.3, -0.25) is 4.98 Å². The molecule has 8 heteroatoms. The van der Waals surface area contributed by atoms with E-state index in [-0.39, 0.29) is 0 Å². The van der Waals surface area contributed by atoms with Crippen LogP contribution in [0.25, 0.3) is 11.0 Å². The van der Waals surface area contributed by atoms with Crippen LogP contribution in [0.4, 0.5) is 5.82 Å². The summed E-state index contributed by atoms with van der Waals surface area (Å²) >= 11 is 0. The maximum absolute atomic E-state index is 10.1. The first-order valence-corrected chi connectivity index (χ1v) is 12.6. The number of hydrogen-bond donors (Lipinski definition) is 0. The molecule has 188 valence electrons. The number of rotatable bonds is 7. The molecule has 0 amide bonds. The number of likely N-dealkylation sites (tertiary alicyclic amines) is 1. The van der Waals surface area contributed by atoms with Crippen molar-refractivity contribution in [1.82, 2.24) is 14.9 Å². The Labute approximate surface area is 212 Å². The van der Waals surface area contributed by atoms with Gasteiger partial charge < -0.3 is 24.0 Å². The number of hydrogen-bond acceptors (Lipinski definition) is 8. The molecule has 3 heterocycles. The highest BCUT2D eigenvalue weighted by Gasteiger charge is 2.19. The van der Waals surface area contributed by atoms with Gasteiger partial charge in [0.2, 0.25) is 0 Å². The minimum Gasteiger partial charge on any atom is -0.493 e. The monoisotopic (exact) mass is 487 g/mol. The Hall–Kier alpha value is -3.41. The van der Waals surface area contributed by atoms with E-state index in [0.29, 0.717) is 49.0 Å². The van der Waals surface area contributed by atoms with Gasteiger partial charge in [-0.1, -0.05) is 12.1 Å². The van der Waals surface area contributed by atoms with Gasteiger partial charge in [0.15, 0.2) is 11.5 Å². The summed E-state index contributed by atoms with van der Waals surface area (Å²) in [6.45, 7) is 5.83. The lowest BCUT2D eigenvalue weighted by molar-refractivity contribution is 0.122. The molecule has 0 atom stereocenters. The van der Waals surface area contributed by atoms with Gasteiger partial charge in [-0.05, 0) is 74.6 Å². The zero-order chi connectivity index (χ0) is 24.9. The maximum Gasteiger partial charge on any atom is 0.161 e. The third-order valence-corrected chi connectivity index (χ3v) is 7.17. The van der Waals surface area contributed by atoms with Crippen molar-refractivity contribution in [2.45, 2.75) is 19.3 Å². The lowest BCUT2D eigenvalue weighted by Gasteiger charge is -2.28. The molecule has 2 aliphatic heterocycles. The second-order valence-corrected chi connectivity index (χ2v) is 9.63. The van der Waals surface area contributed by atoms with Crippen LogP contribution in [0, 0.1) is 17.2 Å². The van der Waals surface area contributed by atoms with E-state index in [1.165, 1.54) is 0 Å². The third-order valence-electron chi connectivity index (χ3n) is 7.17. The fourth-order valence-corrected chi connectivity index (χ4v) is 4.92. The fraction of sp³-hybridized carbons (Fsp3) is 0.464. The smallest absolute Gasteiger partial charge is 0.161 e. The van der Waals surface area contributed by atoms with Crippen molar-refractivity contribution < 1.29 is 14.2 Å². The highest BCUT2D eigenvalue weighted by molar-refractivity contribution is 5.83. The number of fused-ring (bicyclic) bond motifs is 1. The topological polar surface area (TPSA) is 83.7 Å². The van der Waals surface area contributed by atoms with Crippen molar-refractivity contribution >= 4 is 16.9 Å². The van der Waals surface area contributed by atoms with E-state index < -0.39 is 0 Å². The molecule has 2 fully saturated rings. The van der Waals surface area contributed by atoms with Gasteiger partial charge >= 0.3 is 0 Å². The summed E-state index contributed by atoms with van der Waals surface area (Å²) in [6.07, 6.45) is 4.69. The van der Waals surface area contributed by atoms with Crippen molar-refractivity contribution in [3.05, 3.63) is 53.2 Å². The highest BCUT2D eigenvalue weighted by Crippen LogP contribution is 2.31. The molecule has 8 nitrogen and oxygen atoms in total. The molecule has 0 aliphatic carbocycles. The molecule has 36 heavy (non-hydrogen) atoms. The van der Waals surface area contributed by atoms with E-state index in [1.54, 1.807) is 13.3 Å². The quantitative estimate of drug-likeness (QED) is 0.499. The van der Waals surface area contributed by atoms with Crippen LogP contribution in [0.2, 0.25) is 0 Å². The summed E-state index contributed by atoms with van der Waals surface area (Å²) in [4.78, 5) is 13.9. The van der Waals surface area contributed by atoms with Gasteiger partial charge in [-0.2, -0.15) is 5.26 Å². The van der Waals surface area contributed by atoms with Crippen molar-refractivity contribution in [2.75, 3.05) is 65.1 Å². The SMILES string of the molecule is COc1cc(Cc2ccc3ncc(N4CCOCC4)nc3c2C#N)ccc1OCC1CCN(C)CC1. The van der Waals surface area contributed by atoms with Gasteiger partial charge in [0.25, 0.3) is 0 Å². The van der Waals surface area contributed by atoms with Crippen LogP contribution < -0.4 is 14.4 Å². The number of nitrogens with zero attached hydrogens (tertiary/aromatic N) is 5. The highest BCUT2D eigenvalue weighted by atomic mass is 16.5. The predicted molar refractivity (Wildman–Crippen MR) is 139 cm³/mol. The Kier molecular flexibility index (Phi) is 7.49. The van der Waals surface area contributed by atoms with E-state index in [2.05, 4.69) is 27.9 Å². The summed E-state index contributed by atoms with van der Waals surface area (Å²) in [5.41, 5.74) is 3.90. The molecule has 0 N–H and O–H groups in total. The Bertz CT molecular complexity index is 1240. The van der Waals surface area contributed by atoms with Crippen molar-refractivity contribution in [1.29, 1.82) is 5.26 Å². The molecular formula is C28H33N5O3. The maximum atomic E-state index is 10.1. The lowest BCUT2D eigenvalue weighted by Crippen LogP contribution is -2.36. The molecule has 0 unspecified atom stereocenters. The molecule has 0 spiro atoms. The first-order chi connectivity index (χ1) is 17.6. The Morgan fingerprint density at radius 2 is 1.89 bits per heavy atom.